The highest BCUT2D eigenvalue weighted by molar-refractivity contribution is 6.07. The van der Waals surface area contributed by atoms with E-state index in [-0.39, 0.29) is 78.4 Å². The molecule has 6 aliphatic rings. The predicted octanol–water partition coefficient (Wildman–Crippen LogP) is 8.97. The maximum absolute atomic E-state index is 14.5. The molecular weight excluding hydrogens is 1370 g/mol. The zero-order valence-electron chi connectivity index (χ0n) is 60.9. The maximum atomic E-state index is 14.5. The predicted molar refractivity (Wildman–Crippen MR) is 394 cm³/mol. The summed E-state index contributed by atoms with van der Waals surface area (Å²) in [4.78, 5) is 121. The molecule has 1 saturated heterocycles. The van der Waals surface area contributed by atoms with Gasteiger partial charge in [0.25, 0.3) is 11.8 Å². The summed E-state index contributed by atoms with van der Waals surface area (Å²) >= 11 is 0. The molecule has 1 aliphatic carbocycles. The number of fused-ring (bicyclic) bond motifs is 9. The van der Waals surface area contributed by atoms with E-state index in [9.17, 15) is 43.5 Å². The van der Waals surface area contributed by atoms with Crippen molar-refractivity contribution in [2.45, 2.75) is 129 Å². The number of anilines is 4. The lowest BCUT2D eigenvalue weighted by Gasteiger charge is -2.31. The number of amides is 8. The van der Waals surface area contributed by atoms with E-state index < -0.39 is 78.7 Å². The van der Waals surface area contributed by atoms with E-state index in [1.165, 1.54) is 45.3 Å². The molecule has 560 valence electrons. The van der Waals surface area contributed by atoms with Gasteiger partial charge in [-0.25, -0.2) is 19.2 Å². The molecule has 1 aromatic heterocycles. The Morgan fingerprint density at radius 3 is 2.07 bits per heavy atom. The Kier molecular flexibility index (Phi) is 21.3. The quantitative estimate of drug-likeness (QED) is 0.0277. The molecule has 6 heterocycles. The average Bonchev–Trinajstić information content (AvgIpc) is 1.57. The minimum absolute atomic E-state index is 0.00891. The Labute approximate surface area is 618 Å². The second-order valence-electron chi connectivity index (χ2n) is 28.2. The number of benzene rings is 6. The molecule has 5 aliphatic heterocycles. The third-order valence-electron chi connectivity index (χ3n) is 20.2. The van der Waals surface area contributed by atoms with Crippen LogP contribution in [0, 0.1) is 11.3 Å². The number of aromatic nitrogens is 3. The maximum Gasteiger partial charge on any atom is 0.432 e. The first kappa shape index (κ1) is 73.4. The van der Waals surface area contributed by atoms with Crippen LogP contribution in [-0.4, -0.2) is 168 Å². The molecule has 6 aromatic carbocycles. The van der Waals surface area contributed by atoms with Crippen molar-refractivity contribution in [3.8, 4) is 51.3 Å². The zero-order valence-corrected chi connectivity index (χ0v) is 60.9. The van der Waals surface area contributed by atoms with Gasteiger partial charge in [0.1, 0.15) is 36.2 Å². The molecule has 0 bridgehead atoms. The molecule has 1 saturated carbocycles. The van der Waals surface area contributed by atoms with Crippen LogP contribution >= 0.6 is 0 Å². The highest BCUT2D eigenvalue weighted by Crippen LogP contribution is 2.57. The van der Waals surface area contributed by atoms with Crippen LogP contribution in [0.3, 0.4) is 0 Å². The van der Waals surface area contributed by atoms with Crippen LogP contribution in [0.4, 0.5) is 32.3 Å². The summed E-state index contributed by atoms with van der Waals surface area (Å²) in [7, 11) is 4.57. The van der Waals surface area contributed by atoms with Crippen LogP contribution in [0.25, 0.3) is 28.1 Å². The van der Waals surface area contributed by atoms with Gasteiger partial charge in [-0.1, -0.05) is 85.8 Å². The van der Waals surface area contributed by atoms with E-state index in [0.717, 1.165) is 51.4 Å². The van der Waals surface area contributed by atoms with Crippen molar-refractivity contribution in [1.82, 2.24) is 46.1 Å². The Morgan fingerprint density at radius 1 is 0.701 bits per heavy atom. The molecule has 6 atom stereocenters. The Bertz CT molecular complexity index is 4620. The fraction of sp³-hybridized carbons (Fsp3) is 0.385. The van der Waals surface area contributed by atoms with Crippen LogP contribution in [0.15, 0.2) is 128 Å². The summed E-state index contributed by atoms with van der Waals surface area (Å²) < 4.78 is 37.1. The van der Waals surface area contributed by atoms with Crippen molar-refractivity contribution in [1.29, 1.82) is 0 Å². The first-order chi connectivity index (χ1) is 51.5. The molecule has 13 rings (SSSR count). The van der Waals surface area contributed by atoms with E-state index in [1.807, 2.05) is 91.5 Å². The third kappa shape index (κ3) is 15.5. The summed E-state index contributed by atoms with van der Waals surface area (Å²) in [5.41, 5.74) is 8.35. The summed E-state index contributed by atoms with van der Waals surface area (Å²) in [5, 5.41) is 39.2. The van der Waals surface area contributed by atoms with E-state index in [1.54, 1.807) is 73.2 Å². The second-order valence-corrected chi connectivity index (χ2v) is 28.2. The Morgan fingerprint density at radius 2 is 1.38 bits per heavy atom. The van der Waals surface area contributed by atoms with Gasteiger partial charge in [0.2, 0.25) is 23.6 Å². The van der Waals surface area contributed by atoms with Gasteiger partial charge in [-0.3, -0.25) is 28.8 Å². The molecule has 7 N–H and O–H groups in total. The number of carbonyl (C=O) groups excluding carboxylic acids is 8. The fourth-order valence-corrected chi connectivity index (χ4v) is 14.2. The largest absolute Gasteiger partial charge is 0.497 e. The summed E-state index contributed by atoms with van der Waals surface area (Å²) in [6.07, 6.45) is 1.80. The van der Waals surface area contributed by atoms with Gasteiger partial charge in [-0.2, -0.15) is 5.06 Å². The van der Waals surface area contributed by atoms with Crippen LogP contribution in [0.2, 0.25) is 0 Å². The number of carbonyl (C=O) groups is 8. The van der Waals surface area contributed by atoms with Crippen molar-refractivity contribution < 1.29 is 76.7 Å². The number of hydrogen-bond donors (Lipinski definition) is 7. The number of nitrogens with one attached hydrogen (secondary N) is 6. The lowest BCUT2D eigenvalue weighted by molar-refractivity contribution is -0.132. The molecular formula is C78H87N13O16. The van der Waals surface area contributed by atoms with Crippen LogP contribution in [0.1, 0.15) is 117 Å². The molecule has 1 spiro atoms. The molecule has 8 amide bonds. The van der Waals surface area contributed by atoms with Gasteiger partial charge in [-0.05, 0) is 129 Å². The van der Waals surface area contributed by atoms with Crippen molar-refractivity contribution >= 4 is 76.0 Å². The lowest BCUT2D eigenvalue weighted by Crippen LogP contribution is -2.55. The monoisotopic (exact) mass is 1460 g/mol. The number of ether oxygens (including phenoxy) is 6. The number of nitrogens with zero attached hydrogens (tertiary/aromatic N) is 7. The standard InChI is InChI=1S/C78H87N13O16/c1-43(2)67(84-66(92)38-80-70(93)45(5)82-76(99)107-89-40-49-15-10-11-16-54(49)69-68(85-86-91(69)44(3)4)55-17-12-13-18-59(55)89)72(95)81-46(6)71(94)83-51-23-19-47(20-24-51)41-106-77(100)90-60-35-65(63(103-9)33-57(60)74(97)88-42-78(27-28-78)36-61(88)75(90)98)105-30-14-29-104-64-34-58-56(32-62(64)102-8)73(96)87-39-50(31-52(87)37-79-58)48-21-25-53(101-7)26-22-48/h10-13,15-26,32-35,39,43-46,52,61,67,75,79,98H,14,27-31,36-38,40-42H2,1-9H3,(H,80,93)(H,81,95)(H,82,99)(H,83,94)(H,84,92)/t45?,46-,52-,61-,67-,75?/m0/s1. The minimum atomic E-state index is -1.50. The van der Waals surface area contributed by atoms with Gasteiger partial charge in [0, 0.05) is 60.7 Å². The van der Waals surface area contributed by atoms with Crippen molar-refractivity contribution in [2.24, 2.45) is 11.3 Å². The number of hydrogen-bond acceptors (Lipinski definition) is 20. The molecule has 2 fully saturated rings. The van der Waals surface area contributed by atoms with Crippen molar-refractivity contribution in [3.63, 3.8) is 0 Å². The second kappa shape index (κ2) is 31.1. The highest BCUT2D eigenvalue weighted by atomic mass is 16.7. The fourth-order valence-electron chi connectivity index (χ4n) is 14.2. The molecule has 7 aromatic rings. The number of methoxy groups -OCH3 is 3. The molecule has 29 nitrogen and oxygen atoms in total. The molecule has 107 heavy (non-hydrogen) atoms. The third-order valence-corrected chi connectivity index (χ3v) is 20.2. The summed E-state index contributed by atoms with van der Waals surface area (Å²) in [6.45, 7) is 10.9. The Hall–Kier alpha value is -11.9. The van der Waals surface area contributed by atoms with Crippen molar-refractivity contribution in [3.05, 3.63) is 155 Å². The number of aliphatic hydroxyl groups is 1. The Balaban J connectivity index is 0.585. The highest BCUT2D eigenvalue weighted by Gasteiger charge is 2.58. The SMILES string of the molecule is COc1ccc(C2=CN3C(=O)c4cc(OC)c(OCCCOc5cc6c(cc5OC)C(=O)N5CC7(CC7)C[C@H]5C(O)N6C(=O)OCc5ccc(NC(=O)[C@H](C)NC(=O)[C@@H](NC(=O)CNC(=O)C(C)NC(=O)ON6Cc7ccccc7-c7c(nnn7C(C)C)-c7ccccc76)C(C)C)cc5)cc4NC[C@@H]3C2)cc1. The number of rotatable bonds is 24. The van der Waals surface area contributed by atoms with Gasteiger partial charge < -0.3 is 80.1 Å². The lowest BCUT2D eigenvalue weighted by atomic mass is 9.96. The number of hydroxylamine groups is 1. The van der Waals surface area contributed by atoms with E-state index in [4.69, 9.17) is 33.3 Å². The first-order valence-electron chi connectivity index (χ1n) is 35.8. The first-order valence-corrected chi connectivity index (χ1v) is 35.8. The summed E-state index contributed by atoms with van der Waals surface area (Å²) in [5.74, 6) is -1.73. The number of aliphatic hydroxyl groups excluding tert-OH is 1. The van der Waals surface area contributed by atoms with E-state index in [0.29, 0.717) is 83.3 Å². The molecule has 29 heteroatoms. The average molecular weight is 1460 g/mol. The van der Waals surface area contributed by atoms with Crippen LogP contribution in [0.5, 0.6) is 28.7 Å². The van der Waals surface area contributed by atoms with Gasteiger partial charge in [0.15, 0.2) is 29.2 Å². The zero-order chi connectivity index (χ0) is 75.5. The van der Waals surface area contributed by atoms with Crippen LogP contribution in [-0.2, 0) is 41.9 Å². The van der Waals surface area contributed by atoms with Gasteiger partial charge in [-0.15, -0.1) is 5.10 Å². The van der Waals surface area contributed by atoms with Gasteiger partial charge >= 0.3 is 12.2 Å². The number of para-hydroxylation sites is 1. The van der Waals surface area contributed by atoms with Crippen LogP contribution < -0.4 is 65.5 Å². The van der Waals surface area contributed by atoms with E-state index >= 15 is 0 Å². The normalized spacial score (nSPS) is 17.9. The minimum Gasteiger partial charge on any atom is -0.497 e. The van der Waals surface area contributed by atoms with E-state index in [2.05, 4.69) is 42.2 Å². The molecule has 0 radical (unpaired) electrons. The smallest absolute Gasteiger partial charge is 0.432 e. The van der Waals surface area contributed by atoms with Gasteiger partial charge in [0.05, 0.1) is 93.6 Å². The summed E-state index contributed by atoms with van der Waals surface area (Å²) in [6, 6.07) is 31.4. The topological polar surface area (TPSA) is 337 Å². The molecule has 2 unspecified atom stereocenters. The van der Waals surface area contributed by atoms with Crippen molar-refractivity contribution in [2.75, 3.05) is 74.8 Å².